The van der Waals surface area contributed by atoms with Gasteiger partial charge in [0.1, 0.15) is 6.10 Å². The summed E-state index contributed by atoms with van der Waals surface area (Å²) in [5.41, 5.74) is 1.88. The Morgan fingerprint density at radius 2 is 1.96 bits per heavy atom. The van der Waals surface area contributed by atoms with Gasteiger partial charge in [0.15, 0.2) is 0 Å². The number of hydrogen-bond donors (Lipinski definition) is 1. The SMILES string of the molecule is CCOC(=O)O[C@H]1CC[C@H]2[C@@H]3CCC4=C[C@H](O)CC[C@]4(C)[C@H]3CC[C@]12C. The lowest BCUT2D eigenvalue weighted by atomic mass is 9.47. The summed E-state index contributed by atoms with van der Waals surface area (Å²) in [5.74, 6) is 2.09. The molecule has 146 valence electrons. The first-order chi connectivity index (χ1) is 12.4. The Hall–Kier alpha value is -1.03. The highest BCUT2D eigenvalue weighted by atomic mass is 16.7. The number of carbonyl (C=O) groups excluding carboxylic acids is 1. The number of carbonyl (C=O) groups is 1. The van der Waals surface area contributed by atoms with Crippen LogP contribution in [0.1, 0.15) is 72.1 Å². The summed E-state index contributed by atoms with van der Waals surface area (Å²) in [4.78, 5) is 11.9. The highest BCUT2D eigenvalue weighted by Crippen LogP contribution is 2.65. The van der Waals surface area contributed by atoms with Gasteiger partial charge in [0, 0.05) is 5.41 Å². The van der Waals surface area contributed by atoms with Crippen molar-refractivity contribution in [2.24, 2.45) is 28.6 Å². The van der Waals surface area contributed by atoms with Gasteiger partial charge >= 0.3 is 6.16 Å². The van der Waals surface area contributed by atoms with Crippen LogP contribution in [-0.4, -0.2) is 30.1 Å². The Kier molecular flexibility index (Phi) is 4.61. The molecule has 0 heterocycles. The van der Waals surface area contributed by atoms with E-state index in [4.69, 9.17) is 9.47 Å². The Bertz CT molecular complexity index is 599. The average molecular weight is 363 g/mol. The molecule has 0 aliphatic heterocycles. The van der Waals surface area contributed by atoms with E-state index in [1.54, 1.807) is 0 Å². The molecule has 3 fully saturated rings. The Balaban J connectivity index is 1.55. The fourth-order valence-corrected chi connectivity index (χ4v) is 7.12. The monoisotopic (exact) mass is 362 g/mol. The Morgan fingerprint density at radius 1 is 1.15 bits per heavy atom. The molecule has 4 nitrogen and oxygen atoms in total. The van der Waals surface area contributed by atoms with E-state index in [-0.39, 0.29) is 23.0 Å². The van der Waals surface area contributed by atoms with Crippen molar-refractivity contribution < 1.29 is 19.4 Å². The molecule has 1 N–H and O–H groups in total. The molecule has 0 spiro atoms. The number of aliphatic hydroxyl groups is 1. The standard InChI is InChI=1S/C22H34O4/c1-4-25-20(24)26-19-8-7-17-16-6-5-14-13-15(23)9-11-21(14,2)18(16)10-12-22(17,19)3/h13,15-19,23H,4-12H2,1-3H3/t15-,16+,17+,18+,19+,21+,22+/m1/s1. The molecule has 0 radical (unpaired) electrons. The molecule has 3 saturated carbocycles. The second kappa shape index (κ2) is 6.54. The molecule has 26 heavy (non-hydrogen) atoms. The molecule has 0 saturated heterocycles. The quantitative estimate of drug-likeness (QED) is 0.563. The lowest BCUT2D eigenvalue weighted by molar-refractivity contribution is -0.0881. The number of ether oxygens (including phenoxy) is 2. The van der Waals surface area contributed by atoms with Crippen molar-refractivity contribution in [2.75, 3.05) is 6.61 Å². The van der Waals surface area contributed by atoms with E-state index in [1.807, 2.05) is 6.92 Å². The summed E-state index contributed by atoms with van der Waals surface area (Å²) in [7, 11) is 0. The third kappa shape index (κ3) is 2.71. The third-order valence-electron chi connectivity index (χ3n) is 8.50. The van der Waals surface area contributed by atoms with Gasteiger partial charge in [0.25, 0.3) is 0 Å². The van der Waals surface area contributed by atoms with Crippen LogP contribution in [0.2, 0.25) is 0 Å². The van der Waals surface area contributed by atoms with Crippen LogP contribution in [0.3, 0.4) is 0 Å². The summed E-state index contributed by atoms with van der Waals surface area (Å²) in [6, 6.07) is 0. The molecular weight excluding hydrogens is 328 g/mol. The van der Waals surface area contributed by atoms with Crippen molar-refractivity contribution in [1.29, 1.82) is 0 Å². The summed E-state index contributed by atoms with van der Waals surface area (Å²) >= 11 is 0. The fraction of sp³-hybridized carbons (Fsp3) is 0.864. The van der Waals surface area contributed by atoms with Crippen molar-refractivity contribution in [3.63, 3.8) is 0 Å². The lowest BCUT2D eigenvalue weighted by Crippen LogP contribution is -2.51. The molecule has 4 aliphatic carbocycles. The smallest absolute Gasteiger partial charge is 0.435 e. The van der Waals surface area contributed by atoms with Crippen molar-refractivity contribution in [3.8, 4) is 0 Å². The van der Waals surface area contributed by atoms with Crippen LogP contribution >= 0.6 is 0 Å². The molecule has 0 aromatic rings. The molecule has 0 amide bonds. The summed E-state index contributed by atoms with van der Waals surface area (Å²) in [5, 5.41) is 10.1. The predicted octanol–water partition coefficient (Wildman–Crippen LogP) is 4.85. The van der Waals surface area contributed by atoms with Crippen molar-refractivity contribution in [1.82, 2.24) is 0 Å². The van der Waals surface area contributed by atoms with Gasteiger partial charge in [0.05, 0.1) is 12.7 Å². The van der Waals surface area contributed by atoms with Crippen molar-refractivity contribution >= 4 is 6.16 Å². The van der Waals surface area contributed by atoms with Gasteiger partial charge in [-0.25, -0.2) is 4.79 Å². The predicted molar refractivity (Wildman–Crippen MR) is 99.6 cm³/mol. The maximum absolute atomic E-state index is 11.9. The first-order valence-corrected chi connectivity index (χ1v) is 10.6. The van der Waals surface area contributed by atoms with Gasteiger partial charge in [0.2, 0.25) is 0 Å². The van der Waals surface area contributed by atoms with E-state index in [0.717, 1.165) is 43.9 Å². The number of fused-ring (bicyclic) bond motifs is 5. The van der Waals surface area contributed by atoms with Crippen LogP contribution in [0.25, 0.3) is 0 Å². The van der Waals surface area contributed by atoms with Gasteiger partial charge in [-0.1, -0.05) is 25.5 Å². The van der Waals surface area contributed by atoms with Crippen LogP contribution < -0.4 is 0 Å². The normalized spacial score (nSPS) is 47.2. The zero-order valence-corrected chi connectivity index (χ0v) is 16.5. The fourth-order valence-electron chi connectivity index (χ4n) is 7.12. The second-order valence-corrected chi connectivity index (χ2v) is 9.54. The number of allylic oxidation sites excluding steroid dienone is 1. The van der Waals surface area contributed by atoms with E-state index in [9.17, 15) is 9.90 Å². The van der Waals surface area contributed by atoms with Gasteiger partial charge < -0.3 is 14.6 Å². The molecule has 0 aromatic heterocycles. The molecule has 0 aromatic carbocycles. The van der Waals surface area contributed by atoms with Crippen molar-refractivity contribution in [3.05, 3.63) is 11.6 Å². The van der Waals surface area contributed by atoms with Gasteiger partial charge in [-0.2, -0.15) is 0 Å². The number of aliphatic hydroxyl groups excluding tert-OH is 1. The van der Waals surface area contributed by atoms with E-state index >= 15 is 0 Å². The molecular formula is C22H34O4. The van der Waals surface area contributed by atoms with Crippen LogP contribution in [0.5, 0.6) is 0 Å². The maximum atomic E-state index is 11.9. The van der Waals surface area contributed by atoms with Crippen LogP contribution in [-0.2, 0) is 9.47 Å². The molecule has 4 rings (SSSR count). The van der Waals surface area contributed by atoms with Crippen LogP contribution in [0.4, 0.5) is 4.79 Å². The maximum Gasteiger partial charge on any atom is 0.508 e. The summed E-state index contributed by atoms with van der Waals surface area (Å²) in [6.07, 6.45) is 10.3. The van der Waals surface area contributed by atoms with Gasteiger partial charge in [-0.05, 0) is 81.5 Å². The average Bonchev–Trinajstić information content (AvgIpc) is 2.92. The minimum Gasteiger partial charge on any atom is -0.435 e. The second-order valence-electron chi connectivity index (χ2n) is 9.54. The Morgan fingerprint density at radius 3 is 2.73 bits per heavy atom. The Labute approximate surface area is 157 Å². The largest absolute Gasteiger partial charge is 0.508 e. The molecule has 4 heteroatoms. The third-order valence-corrected chi connectivity index (χ3v) is 8.50. The molecule has 0 bridgehead atoms. The van der Waals surface area contributed by atoms with Gasteiger partial charge in [-0.3, -0.25) is 0 Å². The van der Waals surface area contributed by atoms with E-state index in [0.29, 0.717) is 12.5 Å². The highest BCUT2D eigenvalue weighted by Gasteiger charge is 2.60. The zero-order valence-electron chi connectivity index (χ0n) is 16.5. The minimum atomic E-state index is -0.497. The molecule has 7 atom stereocenters. The first-order valence-electron chi connectivity index (χ1n) is 10.6. The van der Waals surface area contributed by atoms with Gasteiger partial charge in [-0.15, -0.1) is 0 Å². The van der Waals surface area contributed by atoms with Crippen molar-refractivity contribution in [2.45, 2.75) is 84.3 Å². The minimum absolute atomic E-state index is 0.00502. The number of rotatable bonds is 2. The number of hydrogen-bond acceptors (Lipinski definition) is 4. The topological polar surface area (TPSA) is 55.8 Å². The van der Waals surface area contributed by atoms with E-state index in [1.165, 1.54) is 24.8 Å². The summed E-state index contributed by atoms with van der Waals surface area (Å²) in [6.45, 7) is 6.99. The highest BCUT2D eigenvalue weighted by molar-refractivity contribution is 5.60. The molecule has 0 unspecified atom stereocenters. The zero-order chi connectivity index (χ0) is 18.5. The van der Waals surface area contributed by atoms with Crippen LogP contribution in [0.15, 0.2) is 11.6 Å². The van der Waals surface area contributed by atoms with E-state index < -0.39 is 6.16 Å². The first kappa shape index (κ1) is 18.3. The molecule has 4 aliphatic rings. The van der Waals surface area contributed by atoms with Crippen LogP contribution in [0, 0.1) is 28.6 Å². The lowest BCUT2D eigenvalue weighted by Gasteiger charge is -2.58. The van der Waals surface area contributed by atoms with E-state index in [2.05, 4.69) is 19.9 Å². The summed E-state index contributed by atoms with van der Waals surface area (Å²) < 4.78 is 10.8.